The highest BCUT2D eigenvalue weighted by Gasteiger charge is 2.33. The van der Waals surface area contributed by atoms with Crippen LogP contribution in [0.15, 0.2) is 29.2 Å². The zero-order chi connectivity index (χ0) is 20.6. The van der Waals surface area contributed by atoms with Crippen molar-refractivity contribution in [2.45, 2.75) is 6.92 Å². The first-order valence-electron chi connectivity index (χ1n) is 7.28. The molecule has 0 radical (unpaired) electrons. The summed E-state index contributed by atoms with van der Waals surface area (Å²) in [5.74, 6) is -2.49. The van der Waals surface area contributed by atoms with Gasteiger partial charge in [-0.05, 0) is 23.8 Å². The van der Waals surface area contributed by atoms with Crippen LogP contribution < -0.4 is 10.5 Å². The molecule has 0 saturated carbocycles. The lowest BCUT2D eigenvalue weighted by Crippen LogP contribution is -2.33. The Hall–Kier alpha value is -2.92. The van der Waals surface area contributed by atoms with E-state index in [0.29, 0.717) is 16.2 Å². The Morgan fingerprint density at radius 3 is 2.30 bits per heavy atom. The van der Waals surface area contributed by atoms with Crippen LogP contribution in [0.5, 0.6) is 5.75 Å². The van der Waals surface area contributed by atoms with Gasteiger partial charge >= 0.3 is 5.97 Å². The largest absolute Gasteiger partial charge is 0.484 e. The number of carboxylic acids is 2. The van der Waals surface area contributed by atoms with E-state index in [4.69, 9.17) is 37.7 Å². The van der Waals surface area contributed by atoms with E-state index in [2.05, 4.69) is 0 Å². The summed E-state index contributed by atoms with van der Waals surface area (Å²) in [5, 5.41) is 16.2. The molecule has 4 N–H and O–H groups in total. The molecule has 0 bridgehead atoms. The predicted octanol–water partition coefficient (Wildman–Crippen LogP) is 0.927. The van der Waals surface area contributed by atoms with Crippen LogP contribution >= 0.6 is 24.0 Å². The monoisotopic (exact) mass is 412 g/mol. The van der Waals surface area contributed by atoms with E-state index >= 15 is 0 Å². The molecule has 1 saturated heterocycles. The lowest BCUT2D eigenvalue weighted by atomic mass is 10.2. The number of carbonyl (C=O) groups is 4. The first kappa shape index (κ1) is 22.1. The summed E-state index contributed by atoms with van der Waals surface area (Å²) in [5.41, 5.74) is 5.70. The third-order valence-corrected chi connectivity index (χ3v) is 4.10. The molecule has 0 atom stereocenters. The molecule has 0 unspecified atom stereocenters. The van der Waals surface area contributed by atoms with Crippen molar-refractivity contribution in [3.05, 3.63) is 34.7 Å². The number of nitrogens with two attached hydrogens (primary N) is 1. The average molecular weight is 412 g/mol. The number of hydrogen-bond acceptors (Lipinski definition) is 7. The van der Waals surface area contributed by atoms with Crippen molar-refractivity contribution in [2.24, 2.45) is 5.73 Å². The van der Waals surface area contributed by atoms with Crippen molar-refractivity contribution >= 4 is 58.1 Å². The maximum absolute atomic E-state index is 12.1. The van der Waals surface area contributed by atoms with Crippen LogP contribution in [-0.2, 0) is 19.2 Å². The number of hydrogen-bond donors (Lipinski definition) is 3. The lowest BCUT2D eigenvalue weighted by molar-refractivity contribution is -0.140. The molecule has 1 fully saturated rings. The third kappa shape index (κ3) is 7.88. The van der Waals surface area contributed by atoms with E-state index in [0.717, 1.165) is 23.6 Å². The second-order valence-electron chi connectivity index (χ2n) is 5.00. The molecule has 1 aliphatic rings. The van der Waals surface area contributed by atoms with Crippen molar-refractivity contribution in [1.29, 1.82) is 0 Å². The lowest BCUT2D eigenvalue weighted by Gasteiger charge is -2.10. The Balaban J connectivity index is 0.000000828. The van der Waals surface area contributed by atoms with Crippen molar-refractivity contribution in [3.8, 4) is 5.75 Å². The smallest absolute Gasteiger partial charge is 0.323 e. The molecule has 0 aromatic heterocycles. The molecular formula is C16H16N2O7S2. The number of carboxylic acid groups (broad SMARTS) is 2. The molecule has 1 aromatic rings. The molecule has 2 amide bonds. The van der Waals surface area contributed by atoms with Gasteiger partial charge in [-0.15, -0.1) is 0 Å². The maximum atomic E-state index is 12.1. The van der Waals surface area contributed by atoms with Crippen LogP contribution in [0.2, 0.25) is 0 Å². The van der Waals surface area contributed by atoms with Crippen molar-refractivity contribution in [3.63, 3.8) is 0 Å². The number of primary amides is 1. The molecule has 0 aliphatic carbocycles. The van der Waals surface area contributed by atoms with Crippen molar-refractivity contribution in [2.75, 3.05) is 13.2 Å². The van der Waals surface area contributed by atoms with Gasteiger partial charge in [0, 0.05) is 6.92 Å². The number of aliphatic carboxylic acids is 2. The standard InChI is InChI=1S/C14H12N2O5S2.C2H4O2/c15-11(17)7-21-9-3-1-8(2-4-9)5-10-13(20)16(6-12(18)19)14(22)23-10;1-2(3)4/h1-5H,6-7H2,(H2,15,17)(H,18,19);1H3,(H,3,4)/b10-5+;. The maximum Gasteiger partial charge on any atom is 0.323 e. The summed E-state index contributed by atoms with van der Waals surface area (Å²) < 4.78 is 5.34. The molecule has 0 spiro atoms. The summed E-state index contributed by atoms with van der Waals surface area (Å²) in [6.45, 7) is 0.412. The van der Waals surface area contributed by atoms with Crippen molar-refractivity contribution < 1.29 is 34.1 Å². The highest BCUT2D eigenvalue weighted by molar-refractivity contribution is 8.26. The number of benzene rings is 1. The zero-order valence-electron chi connectivity index (χ0n) is 14.1. The van der Waals surface area contributed by atoms with Gasteiger partial charge in [-0.3, -0.25) is 24.1 Å². The molecule has 9 nitrogen and oxygen atoms in total. The van der Waals surface area contributed by atoms with Gasteiger partial charge in [0.05, 0.1) is 4.91 Å². The normalized spacial score (nSPS) is 14.6. The van der Waals surface area contributed by atoms with Crippen LogP contribution in [-0.4, -0.2) is 56.3 Å². The van der Waals surface area contributed by atoms with E-state index in [1.807, 2.05) is 0 Å². The first-order chi connectivity index (χ1) is 12.6. The summed E-state index contributed by atoms with van der Waals surface area (Å²) in [7, 11) is 0. The fourth-order valence-corrected chi connectivity index (χ4v) is 2.99. The number of thioether (sulfide) groups is 1. The summed E-state index contributed by atoms with van der Waals surface area (Å²) in [6.07, 6.45) is 1.61. The average Bonchev–Trinajstić information content (AvgIpc) is 2.81. The molecule has 11 heteroatoms. The van der Waals surface area contributed by atoms with Crippen LogP contribution in [0.1, 0.15) is 12.5 Å². The second kappa shape index (κ2) is 10.3. The molecule has 1 aliphatic heterocycles. The number of carbonyl (C=O) groups excluding carboxylic acids is 2. The quantitative estimate of drug-likeness (QED) is 0.458. The van der Waals surface area contributed by atoms with Gasteiger partial charge in [-0.2, -0.15) is 0 Å². The first-order valence-corrected chi connectivity index (χ1v) is 8.50. The molecule has 2 rings (SSSR count). The molecule has 1 aromatic carbocycles. The molecule has 1 heterocycles. The van der Waals surface area contributed by atoms with E-state index in [-0.39, 0.29) is 10.9 Å². The van der Waals surface area contributed by atoms with Crippen LogP contribution in [0.3, 0.4) is 0 Å². The highest BCUT2D eigenvalue weighted by atomic mass is 32.2. The second-order valence-corrected chi connectivity index (χ2v) is 6.68. The Bertz CT molecular complexity index is 786. The van der Waals surface area contributed by atoms with Gasteiger partial charge in [0.2, 0.25) is 0 Å². The Labute approximate surface area is 163 Å². The summed E-state index contributed by atoms with van der Waals surface area (Å²) >= 11 is 6.06. The molecule has 27 heavy (non-hydrogen) atoms. The van der Waals surface area contributed by atoms with Gasteiger partial charge in [0.1, 0.15) is 16.6 Å². The minimum absolute atomic E-state index is 0.213. The Morgan fingerprint density at radius 2 is 1.81 bits per heavy atom. The van der Waals surface area contributed by atoms with Crippen LogP contribution in [0.25, 0.3) is 6.08 Å². The van der Waals surface area contributed by atoms with Gasteiger partial charge in [-0.1, -0.05) is 36.1 Å². The Morgan fingerprint density at radius 1 is 1.26 bits per heavy atom. The number of thiocarbonyl (C=S) groups is 1. The number of nitrogens with zero attached hydrogens (tertiary/aromatic N) is 1. The van der Waals surface area contributed by atoms with Gasteiger partial charge in [0.15, 0.2) is 6.61 Å². The molecular weight excluding hydrogens is 396 g/mol. The van der Waals surface area contributed by atoms with Gasteiger partial charge < -0.3 is 20.7 Å². The van der Waals surface area contributed by atoms with Gasteiger partial charge in [-0.25, -0.2) is 0 Å². The number of rotatable bonds is 6. The van der Waals surface area contributed by atoms with Gasteiger partial charge in [0.25, 0.3) is 17.8 Å². The molecule has 144 valence electrons. The van der Waals surface area contributed by atoms with E-state index in [1.54, 1.807) is 30.3 Å². The predicted molar refractivity (Wildman–Crippen MR) is 102 cm³/mol. The zero-order valence-corrected chi connectivity index (χ0v) is 15.7. The number of ether oxygens (including phenoxy) is 1. The summed E-state index contributed by atoms with van der Waals surface area (Å²) in [4.78, 5) is 43.9. The fraction of sp³-hybridized carbons (Fsp3) is 0.188. The Kier molecular flexibility index (Phi) is 8.42. The highest BCUT2D eigenvalue weighted by Crippen LogP contribution is 2.32. The van der Waals surface area contributed by atoms with Crippen LogP contribution in [0, 0.1) is 0 Å². The van der Waals surface area contributed by atoms with Crippen LogP contribution in [0.4, 0.5) is 0 Å². The third-order valence-electron chi connectivity index (χ3n) is 2.73. The fourth-order valence-electron chi connectivity index (χ4n) is 1.74. The number of amides is 2. The minimum atomic E-state index is -1.13. The summed E-state index contributed by atoms with van der Waals surface area (Å²) in [6, 6.07) is 6.65. The van der Waals surface area contributed by atoms with E-state index in [9.17, 15) is 14.4 Å². The van der Waals surface area contributed by atoms with E-state index < -0.39 is 30.3 Å². The SMILES string of the molecule is CC(=O)O.NC(=O)COc1ccc(/C=C2/SC(=S)N(CC(=O)O)C2=O)cc1. The topological polar surface area (TPSA) is 147 Å². The minimum Gasteiger partial charge on any atom is -0.484 e. The van der Waals surface area contributed by atoms with Crippen molar-refractivity contribution in [1.82, 2.24) is 4.90 Å². The van der Waals surface area contributed by atoms with E-state index in [1.165, 1.54) is 0 Å².